The van der Waals surface area contributed by atoms with E-state index < -0.39 is 0 Å². The van der Waals surface area contributed by atoms with E-state index in [0.29, 0.717) is 6.10 Å². The Hall–Kier alpha value is -1.06. The van der Waals surface area contributed by atoms with Crippen molar-refractivity contribution in [2.75, 3.05) is 25.9 Å². The highest BCUT2D eigenvalue weighted by atomic mass is 16.5. The largest absolute Gasteiger partial charge is 0.399 e. The Morgan fingerprint density at radius 1 is 1.38 bits per heavy atom. The number of benzene rings is 1. The van der Waals surface area contributed by atoms with Crippen molar-refractivity contribution in [3.8, 4) is 0 Å². The minimum Gasteiger partial charge on any atom is -0.399 e. The van der Waals surface area contributed by atoms with Gasteiger partial charge >= 0.3 is 0 Å². The van der Waals surface area contributed by atoms with E-state index in [1.807, 2.05) is 18.2 Å². The molecule has 0 radical (unpaired) electrons. The van der Waals surface area contributed by atoms with Crippen molar-refractivity contribution in [2.45, 2.75) is 26.5 Å². The third-order valence-electron chi connectivity index (χ3n) is 2.33. The van der Waals surface area contributed by atoms with E-state index in [2.05, 4.69) is 31.9 Å². The quantitative estimate of drug-likeness (QED) is 0.749. The van der Waals surface area contributed by atoms with Crippen molar-refractivity contribution in [3.05, 3.63) is 29.8 Å². The summed E-state index contributed by atoms with van der Waals surface area (Å²) in [6, 6.07) is 8.00. The molecule has 0 aliphatic carbocycles. The predicted molar refractivity (Wildman–Crippen MR) is 68.3 cm³/mol. The van der Waals surface area contributed by atoms with Gasteiger partial charge in [0.15, 0.2) is 0 Å². The zero-order chi connectivity index (χ0) is 12.0. The van der Waals surface area contributed by atoms with Gasteiger partial charge in [-0.1, -0.05) is 12.1 Å². The van der Waals surface area contributed by atoms with Crippen LogP contribution in [-0.4, -0.2) is 31.2 Å². The topological polar surface area (TPSA) is 38.5 Å². The van der Waals surface area contributed by atoms with Gasteiger partial charge in [0.1, 0.15) is 0 Å². The lowest BCUT2D eigenvalue weighted by molar-refractivity contribution is 0.0627. The molecule has 90 valence electrons. The van der Waals surface area contributed by atoms with Gasteiger partial charge in [0.05, 0.1) is 12.7 Å². The van der Waals surface area contributed by atoms with Crippen LogP contribution in [0.3, 0.4) is 0 Å². The highest BCUT2D eigenvalue weighted by Gasteiger charge is 2.01. The van der Waals surface area contributed by atoms with Crippen molar-refractivity contribution in [1.29, 1.82) is 0 Å². The van der Waals surface area contributed by atoms with E-state index in [1.54, 1.807) is 0 Å². The molecule has 0 unspecified atom stereocenters. The number of likely N-dealkylation sites (N-methyl/N-ethyl adjacent to an activating group) is 1. The maximum atomic E-state index is 5.73. The lowest BCUT2D eigenvalue weighted by atomic mass is 10.2. The van der Waals surface area contributed by atoms with Gasteiger partial charge in [-0.3, -0.25) is 4.90 Å². The summed E-state index contributed by atoms with van der Waals surface area (Å²) < 4.78 is 5.51. The highest BCUT2D eigenvalue weighted by Crippen LogP contribution is 2.08. The molecule has 1 aromatic carbocycles. The number of hydrogen-bond donors (Lipinski definition) is 1. The molecule has 0 heterocycles. The summed E-state index contributed by atoms with van der Waals surface area (Å²) in [7, 11) is 2.09. The van der Waals surface area contributed by atoms with Crippen molar-refractivity contribution >= 4 is 5.69 Å². The lowest BCUT2D eigenvalue weighted by Crippen LogP contribution is -2.24. The van der Waals surface area contributed by atoms with Crippen LogP contribution in [-0.2, 0) is 11.3 Å². The van der Waals surface area contributed by atoms with Crippen LogP contribution in [0.4, 0.5) is 5.69 Å². The molecule has 0 atom stereocenters. The van der Waals surface area contributed by atoms with E-state index in [9.17, 15) is 0 Å². The Balaban J connectivity index is 2.31. The number of nitrogens with two attached hydrogens (primary N) is 1. The van der Waals surface area contributed by atoms with E-state index in [4.69, 9.17) is 10.5 Å². The Kier molecular flexibility index (Phi) is 5.29. The SMILES string of the molecule is CC(C)OCCN(C)Cc1cccc(N)c1. The smallest absolute Gasteiger partial charge is 0.0596 e. The molecule has 0 spiro atoms. The molecule has 0 fully saturated rings. The van der Waals surface area contributed by atoms with Crippen LogP contribution < -0.4 is 5.73 Å². The first-order valence-electron chi connectivity index (χ1n) is 5.72. The van der Waals surface area contributed by atoms with Crippen LogP contribution in [0.25, 0.3) is 0 Å². The Morgan fingerprint density at radius 2 is 2.12 bits per heavy atom. The second-order valence-electron chi connectivity index (χ2n) is 4.40. The number of nitrogen functional groups attached to an aromatic ring is 1. The van der Waals surface area contributed by atoms with Crippen molar-refractivity contribution in [3.63, 3.8) is 0 Å². The molecular formula is C13H22N2O. The molecule has 0 amide bonds. The average Bonchev–Trinajstić information content (AvgIpc) is 2.16. The number of nitrogens with zero attached hydrogens (tertiary/aromatic N) is 1. The van der Waals surface area contributed by atoms with Crippen LogP contribution in [0.1, 0.15) is 19.4 Å². The van der Waals surface area contributed by atoms with Gasteiger partial charge in [0.25, 0.3) is 0 Å². The molecule has 0 aromatic heterocycles. The van der Waals surface area contributed by atoms with E-state index in [-0.39, 0.29) is 0 Å². The van der Waals surface area contributed by atoms with Crippen LogP contribution in [0.2, 0.25) is 0 Å². The fourth-order valence-electron chi connectivity index (χ4n) is 1.53. The number of hydrogen-bond acceptors (Lipinski definition) is 3. The molecule has 0 aliphatic rings. The fraction of sp³-hybridized carbons (Fsp3) is 0.538. The van der Waals surface area contributed by atoms with E-state index in [0.717, 1.165) is 25.4 Å². The summed E-state index contributed by atoms with van der Waals surface area (Å²) in [4.78, 5) is 2.23. The summed E-state index contributed by atoms with van der Waals surface area (Å²) in [6.45, 7) is 6.73. The van der Waals surface area contributed by atoms with Gasteiger partial charge in [0, 0.05) is 18.8 Å². The van der Waals surface area contributed by atoms with Crippen LogP contribution in [0, 0.1) is 0 Å². The second kappa shape index (κ2) is 6.51. The number of rotatable bonds is 6. The molecule has 0 aliphatic heterocycles. The van der Waals surface area contributed by atoms with Gasteiger partial charge in [-0.25, -0.2) is 0 Å². The first kappa shape index (κ1) is 13.0. The fourth-order valence-corrected chi connectivity index (χ4v) is 1.53. The number of anilines is 1. The van der Waals surface area contributed by atoms with E-state index >= 15 is 0 Å². The Morgan fingerprint density at radius 3 is 2.75 bits per heavy atom. The summed E-state index contributed by atoms with van der Waals surface area (Å²) in [5, 5.41) is 0. The standard InChI is InChI=1S/C13H22N2O/c1-11(2)16-8-7-15(3)10-12-5-4-6-13(14)9-12/h4-6,9,11H,7-8,10,14H2,1-3H3. The molecule has 2 N–H and O–H groups in total. The first-order valence-corrected chi connectivity index (χ1v) is 5.72. The molecular weight excluding hydrogens is 200 g/mol. The van der Waals surface area contributed by atoms with Crippen molar-refractivity contribution < 1.29 is 4.74 Å². The normalized spacial score (nSPS) is 11.3. The Labute approximate surface area is 98.2 Å². The molecule has 1 aromatic rings. The van der Waals surface area contributed by atoms with Gasteiger partial charge in [-0.15, -0.1) is 0 Å². The molecule has 3 heteroatoms. The zero-order valence-electron chi connectivity index (χ0n) is 10.4. The van der Waals surface area contributed by atoms with Gasteiger partial charge < -0.3 is 10.5 Å². The third kappa shape index (κ3) is 5.14. The van der Waals surface area contributed by atoms with Crippen molar-refractivity contribution in [1.82, 2.24) is 4.90 Å². The molecule has 0 bridgehead atoms. The van der Waals surface area contributed by atoms with Gasteiger partial charge in [-0.05, 0) is 38.6 Å². The maximum Gasteiger partial charge on any atom is 0.0596 e. The monoisotopic (exact) mass is 222 g/mol. The minimum absolute atomic E-state index is 0.306. The average molecular weight is 222 g/mol. The van der Waals surface area contributed by atoms with Crippen molar-refractivity contribution in [2.24, 2.45) is 0 Å². The summed E-state index contributed by atoms with van der Waals surface area (Å²) in [5.74, 6) is 0. The lowest BCUT2D eigenvalue weighted by Gasteiger charge is -2.17. The molecule has 16 heavy (non-hydrogen) atoms. The first-order chi connectivity index (χ1) is 7.58. The second-order valence-corrected chi connectivity index (χ2v) is 4.40. The maximum absolute atomic E-state index is 5.73. The summed E-state index contributed by atoms with van der Waals surface area (Å²) >= 11 is 0. The van der Waals surface area contributed by atoms with Crippen LogP contribution >= 0.6 is 0 Å². The molecule has 0 saturated heterocycles. The van der Waals surface area contributed by atoms with E-state index in [1.165, 1.54) is 5.56 Å². The highest BCUT2D eigenvalue weighted by molar-refractivity contribution is 5.40. The van der Waals surface area contributed by atoms with Gasteiger partial charge in [-0.2, -0.15) is 0 Å². The Bertz CT molecular complexity index is 313. The van der Waals surface area contributed by atoms with Crippen LogP contribution in [0.15, 0.2) is 24.3 Å². The molecule has 1 rings (SSSR count). The zero-order valence-corrected chi connectivity index (χ0v) is 10.4. The predicted octanol–water partition coefficient (Wildman–Crippen LogP) is 2.13. The van der Waals surface area contributed by atoms with Gasteiger partial charge in [0.2, 0.25) is 0 Å². The minimum atomic E-state index is 0.306. The number of ether oxygens (including phenoxy) is 1. The summed E-state index contributed by atoms with van der Waals surface area (Å²) in [6.07, 6.45) is 0.306. The molecule has 3 nitrogen and oxygen atoms in total. The van der Waals surface area contributed by atoms with Crippen LogP contribution in [0.5, 0.6) is 0 Å². The molecule has 0 saturated carbocycles. The third-order valence-corrected chi connectivity index (χ3v) is 2.33. The summed E-state index contributed by atoms with van der Waals surface area (Å²) in [5.41, 5.74) is 7.80.